The number of rotatable bonds is 7. The van der Waals surface area contributed by atoms with E-state index in [0.29, 0.717) is 17.2 Å². The lowest BCUT2D eigenvalue weighted by atomic mass is 10.1. The van der Waals surface area contributed by atoms with E-state index in [2.05, 4.69) is 10.4 Å². The Labute approximate surface area is 150 Å². The van der Waals surface area contributed by atoms with Crippen LogP contribution in [0.4, 0.5) is 5.69 Å². The fourth-order valence-corrected chi connectivity index (χ4v) is 2.27. The van der Waals surface area contributed by atoms with Gasteiger partial charge in [-0.25, -0.2) is 4.79 Å². The van der Waals surface area contributed by atoms with Gasteiger partial charge >= 0.3 is 5.97 Å². The summed E-state index contributed by atoms with van der Waals surface area (Å²) in [6, 6.07) is 3.13. The molecule has 2 N–H and O–H groups in total. The van der Waals surface area contributed by atoms with Crippen molar-refractivity contribution in [3.8, 4) is 17.2 Å². The van der Waals surface area contributed by atoms with Crippen LogP contribution < -0.4 is 19.5 Å². The van der Waals surface area contributed by atoms with E-state index in [1.54, 1.807) is 12.1 Å². The zero-order valence-electron chi connectivity index (χ0n) is 15.2. The molecule has 2 aromatic rings. The molecule has 0 aliphatic carbocycles. The van der Waals surface area contributed by atoms with Crippen molar-refractivity contribution in [2.24, 2.45) is 0 Å². The lowest BCUT2D eigenvalue weighted by Crippen LogP contribution is -2.35. The van der Waals surface area contributed by atoms with Crippen molar-refractivity contribution < 1.29 is 28.9 Å². The second-order valence-corrected chi connectivity index (χ2v) is 5.87. The smallest absolute Gasteiger partial charge is 0.331 e. The van der Waals surface area contributed by atoms with Crippen molar-refractivity contribution in [2.75, 3.05) is 26.6 Å². The molecule has 1 aromatic heterocycles. The molecule has 1 amide bonds. The zero-order valence-corrected chi connectivity index (χ0v) is 15.2. The minimum atomic E-state index is -1.25. The van der Waals surface area contributed by atoms with Crippen LogP contribution >= 0.6 is 0 Å². The van der Waals surface area contributed by atoms with E-state index < -0.39 is 17.4 Å². The third-order valence-corrected chi connectivity index (χ3v) is 3.89. The highest BCUT2D eigenvalue weighted by Crippen LogP contribution is 2.39. The second-order valence-electron chi connectivity index (χ2n) is 5.87. The molecule has 0 unspecified atom stereocenters. The summed E-state index contributed by atoms with van der Waals surface area (Å²) in [7, 11) is 4.34. The van der Waals surface area contributed by atoms with Crippen LogP contribution in [-0.4, -0.2) is 48.1 Å². The summed E-state index contributed by atoms with van der Waals surface area (Å²) in [5.74, 6) is -0.555. The summed E-state index contributed by atoms with van der Waals surface area (Å²) in [5, 5.41) is 15.9. The third kappa shape index (κ3) is 3.41. The standard InChI is InChI=1S/C17H21N3O6/c1-17(2,16(22)23)20-9-10(8-18-20)19-15(21)11-6-7-12(24-3)14(26-5)13(11)25-4/h6-9H,1-5H3,(H,19,21)(H,22,23). The van der Waals surface area contributed by atoms with Gasteiger partial charge in [-0.05, 0) is 26.0 Å². The van der Waals surface area contributed by atoms with Crippen LogP contribution in [0.25, 0.3) is 0 Å². The normalized spacial score (nSPS) is 11.0. The highest BCUT2D eigenvalue weighted by molar-refractivity contribution is 6.07. The number of nitrogens with zero attached hydrogens (tertiary/aromatic N) is 2. The minimum Gasteiger partial charge on any atom is -0.493 e. The summed E-state index contributed by atoms with van der Waals surface area (Å²) >= 11 is 0. The van der Waals surface area contributed by atoms with E-state index in [4.69, 9.17) is 14.2 Å². The maximum Gasteiger partial charge on any atom is 0.331 e. The largest absolute Gasteiger partial charge is 0.493 e. The molecule has 9 nitrogen and oxygen atoms in total. The van der Waals surface area contributed by atoms with Crippen LogP contribution in [0.3, 0.4) is 0 Å². The van der Waals surface area contributed by atoms with E-state index in [-0.39, 0.29) is 11.3 Å². The molecule has 0 fully saturated rings. The number of methoxy groups -OCH3 is 3. The molecule has 26 heavy (non-hydrogen) atoms. The molecule has 0 saturated carbocycles. The summed E-state index contributed by atoms with van der Waals surface area (Å²) in [6.07, 6.45) is 2.81. The van der Waals surface area contributed by atoms with Crippen LogP contribution in [0.15, 0.2) is 24.5 Å². The summed E-state index contributed by atoms with van der Waals surface area (Å²) < 4.78 is 17.0. The van der Waals surface area contributed by atoms with Crippen LogP contribution in [0.5, 0.6) is 17.2 Å². The van der Waals surface area contributed by atoms with Crippen LogP contribution in [-0.2, 0) is 10.3 Å². The van der Waals surface area contributed by atoms with Gasteiger partial charge in [0.1, 0.15) is 0 Å². The van der Waals surface area contributed by atoms with Crippen molar-refractivity contribution in [2.45, 2.75) is 19.4 Å². The van der Waals surface area contributed by atoms with Gasteiger partial charge in [-0.3, -0.25) is 9.48 Å². The Kier molecular flexibility index (Phi) is 5.39. The predicted molar refractivity (Wildman–Crippen MR) is 93.2 cm³/mol. The molecule has 0 spiro atoms. The van der Waals surface area contributed by atoms with Gasteiger partial charge in [0.05, 0.1) is 38.8 Å². The lowest BCUT2D eigenvalue weighted by Gasteiger charge is -2.19. The van der Waals surface area contributed by atoms with Gasteiger partial charge in [0.15, 0.2) is 17.0 Å². The summed E-state index contributed by atoms with van der Waals surface area (Å²) in [4.78, 5) is 23.9. The number of carbonyl (C=O) groups is 2. The molecule has 1 aromatic carbocycles. The molecule has 0 aliphatic rings. The van der Waals surface area contributed by atoms with Crippen molar-refractivity contribution in [3.63, 3.8) is 0 Å². The fraction of sp³-hybridized carbons (Fsp3) is 0.353. The molecular weight excluding hydrogens is 342 g/mol. The van der Waals surface area contributed by atoms with Gasteiger partial charge in [-0.15, -0.1) is 0 Å². The van der Waals surface area contributed by atoms with Crippen molar-refractivity contribution in [1.82, 2.24) is 9.78 Å². The average Bonchev–Trinajstić information content (AvgIpc) is 3.09. The fourth-order valence-electron chi connectivity index (χ4n) is 2.27. The Balaban J connectivity index is 2.32. The number of anilines is 1. The van der Waals surface area contributed by atoms with E-state index in [0.717, 1.165) is 0 Å². The maximum absolute atomic E-state index is 12.6. The number of benzene rings is 1. The molecule has 0 radical (unpaired) electrons. The molecule has 0 bridgehead atoms. The molecule has 9 heteroatoms. The first-order chi connectivity index (χ1) is 12.3. The minimum absolute atomic E-state index is 0.225. The van der Waals surface area contributed by atoms with Crippen LogP contribution in [0.2, 0.25) is 0 Å². The number of aromatic nitrogens is 2. The number of carboxylic acid groups (broad SMARTS) is 1. The lowest BCUT2D eigenvalue weighted by molar-refractivity contribution is -0.146. The number of carbonyl (C=O) groups excluding carboxylic acids is 1. The first-order valence-electron chi connectivity index (χ1n) is 7.65. The second kappa shape index (κ2) is 7.34. The average molecular weight is 363 g/mol. The predicted octanol–water partition coefficient (Wildman–Crippen LogP) is 1.98. The van der Waals surface area contributed by atoms with Gasteiger partial charge in [0.2, 0.25) is 5.75 Å². The molecular formula is C17H21N3O6. The van der Waals surface area contributed by atoms with Gasteiger partial charge in [0, 0.05) is 6.20 Å². The SMILES string of the molecule is COc1ccc(C(=O)Nc2cnn(C(C)(C)C(=O)O)c2)c(OC)c1OC. The number of hydrogen-bond donors (Lipinski definition) is 2. The molecule has 0 saturated heterocycles. The van der Waals surface area contributed by atoms with Crippen molar-refractivity contribution in [3.05, 3.63) is 30.1 Å². The third-order valence-electron chi connectivity index (χ3n) is 3.89. The summed E-state index contributed by atoms with van der Waals surface area (Å²) in [6.45, 7) is 3.01. The molecule has 1 heterocycles. The molecule has 2 rings (SSSR count). The number of amides is 1. The monoisotopic (exact) mass is 363 g/mol. The van der Waals surface area contributed by atoms with Crippen LogP contribution in [0.1, 0.15) is 24.2 Å². The molecule has 0 aliphatic heterocycles. The van der Waals surface area contributed by atoms with E-state index in [1.165, 1.54) is 52.3 Å². The van der Waals surface area contributed by atoms with Gasteiger partial charge < -0.3 is 24.6 Å². The topological polar surface area (TPSA) is 112 Å². The Hall–Kier alpha value is -3.23. The van der Waals surface area contributed by atoms with Gasteiger partial charge in [0.25, 0.3) is 5.91 Å². The Morgan fingerprint density at radius 3 is 2.31 bits per heavy atom. The summed E-state index contributed by atoms with van der Waals surface area (Å²) in [5.41, 5.74) is -0.666. The van der Waals surface area contributed by atoms with Crippen LogP contribution in [0, 0.1) is 0 Å². The first-order valence-corrected chi connectivity index (χ1v) is 7.65. The highest BCUT2D eigenvalue weighted by atomic mass is 16.5. The number of nitrogens with one attached hydrogen (secondary N) is 1. The quantitative estimate of drug-likeness (QED) is 0.773. The first kappa shape index (κ1) is 19.1. The number of aliphatic carboxylic acids is 1. The van der Waals surface area contributed by atoms with E-state index >= 15 is 0 Å². The maximum atomic E-state index is 12.6. The Morgan fingerprint density at radius 2 is 1.77 bits per heavy atom. The molecule has 0 atom stereocenters. The Bertz CT molecular complexity index is 828. The Morgan fingerprint density at radius 1 is 1.12 bits per heavy atom. The van der Waals surface area contributed by atoms with Crippen molar-refractivity contribution in [1.29, 1.82) is 0 Å². The number of carboxylic acids is 1. The number of ether oxygens (including phenoxy) is 3. The van der Waals surface area contributed by atoms with E-state index in [1.807, 2.05) is 0 Å². The highest BCUT2D eigenvalue weighted by Gasteiger charge is 2.30. The van der Waals surface area contributed by atoms with E-state index in [9.17, 15) is 14.7 Å². The molecule has 140 valence electrons. The van der Waals surface area contributed by atoms with Gasteiger partial charge in [-0.1, -0.05) is 0 Å². The van der Waals surface area contributed by atoms with Crippen molar-refractivity contribution >= 4 is 17.6 Å². The zero-order chi connectivity index (χ0) is 19.5. The number of hydrogen-bond acceptors (Lipinski definition) is 6. The van der Waals surface area contributed by atoms with Gasteiger partial charge in [-0.2, -0.15) is 5.10 Å².